The maximum Gasteiger partial charge on any atom is 0.211 e. The molecule has 1 aliphatic heterocycles. The summed E-state index contributed by atoms with van der Waals surface area (Å²) in [7, 11) is -3.15. The van der Waals surface area contributed by atoms with E-state index in [0.29, 0.717) is 13.0 Å². The van der Waals surface area contributed by atoms with Gasteiger partial charge in [0.05, 0.1) is 23.2 Å². The number of nitrogens with zero attached hydrogens (tertiary/aromatic N) is 4. The number of aryl methyl sites for hydroxylation is 1. The number of hydrogen-bond donors (Lipinski definition) is 1. The largest absolute Gasteiger partial charge is 0.290 e. The van der Waals surface area contributed by atoms with Crippen molar-refractivity contribution in [3.8, 4) is 0 Å². The summed E-state index contributed by atoms with van der Waals surface area (Å²) >= 11 is 0. The zero-order valence-corrected chi connectivity index (χ0v) is 15.5. The fourth-order valence-corrected chi connectivity index (χ4v) is 3.83. The maximum atomic E-state index is 11.6. The number of nitrogens with one attached hydrogen (secondary N) is 1. The van der Waals surface area contributed by atoms with Crippen LogP contribution in [-0.4, -0.2) is 46.9 Å². The number of rotatable bonds is 7. The van der Waals surface area contributed by atoms with Crippen LogP contribution in [0, 0.1) is 6.92 Å². The van der Waals surface area contributed by atoms with E-state index in [1.54, 1.807) is 6.92 Å². The van der Waals surface area contributed by atoms with Crippen molar-refractivity contribution in [1.82, 2.24) is 24.4 Å². The Labute approximate surface area is 149 Å². The third-order valence-electron chi connectivity index (χ3n) is 4.46. The van der Waals surface area contributed by atoms with E-state index in [4.69, 9.17) is 0 Å². The van der Waals surface area contributed by atoms with Crippen molar-refractivity contribution >= 4 is 10.0 Å². The van der Waals surface area contributed by atoms with Crippen LogP contribution < -0.4 is 4.72 Å². The van der Waals surface area contributed by atoms with Gasteiger partial charge in [-0.15, -0.1) is 0 Å². The molecule has 136 valence electrons. The highest BCUT2D eigenvalue weighted by molar-refractivity contribution is 7.89. The van der Waals surface area contributed by atoms with E-state index in [0.717, 1.165) is 36.7 Å². The molecule has 1 N–H and O–H groups in total. The molecule has 1 atom stereocenters. The molecular weight excluding hydrogens is 338 g/mol. The average Bonchev–Trinajstić information content (AvgIpc) is 3.03. The maximum absolute atomic E-state index is 11.6. The molecule has 1 unspecified atom stereocenters. The molecule has 1 aliphatic rings. The second-order valence-corrected chi connectivity index (χ2v) is 8.54. The van der Waals surface area contributed by atoms with Crippen LogP contribution >= 0.6 is 0 Å². The normalized spacial score (nSPS) is 18.2. The first kappa shape index (κ1) is 18.0. The van der Waals surface area contributed by atoms with Crippen molar-refractivity contribution in [2.24, 2.45) is 0 Å². The van der Waals surface area contributed by atoms with Crippen molar-refractivity contribution in [3.63, 3.8) is 0 Å². The van der Waals surface area contributed by atoms with Gasteiger partial charge in [0, 0.05) is 38.1 Å². The van der Waals surface area contributed by atoms with Crippen LogP contribution in [0.2, 0.25) is 0 Å². The lowest BCUT2D eigenvalue weighted by molar-refractivity contribution is 0.160. The van der Waals surface area contributed by atoms with E-state index in [1.807, 2.05) is 42.1 Å². The van der Waals surface area contributed by atoms with Crippen LogP contribution in [0.5, 0.6) is 0 Å². The van der Waals surface area contributed by atoms with Gasteiger partial charge < -0.3 is 0 Å². The Bertz CT molecular complexity index is 818. The first-order valence-corrected chi connectivity index (χ1v) is 10.3. The highest BCUT2D eigenvalue weighted by Gasteiger charge is 2.25. The van der Waals surface area contributed by atoms with Gasteiger partial charge in [0.2, 0.25) is 10.0 Å². The van der Waals surface area contributed by atoms with Crippen LogP contribution in [0.15, 0.2) is 30.5 Å². The molecule has 0 fully saturated rings. The van der Waals surface area contributed by atoms with Crippen molar-refractivity contribution in [1.29, 1.82) is 0 Å². The molecule has 0 saturated heterocycles. The number of aromatic nitrogens is 3. The molecule has 3 heterocycles. The van der Waals surface area contributed by atoms with Crippen molar-refractivity contribution in [3.05, 3.63) is 47.5 Å². The Morgan fingerprint density at radius 1 is 1.32 bits per heavy atom. The predicted molar refractivity (Wildman–Crippen MR) is 96.4 cm³/mol. The Morgan fingerprint density at radius 2 is 2.16 bits per heavy atom. The Balaban J connectivity index is 1.67. The minimum atomic E-state index is -3.15. The Kier molecular flexibility index (Phi) is 5.51. The van der Waals surface area contributed by atoms with Gasteiger partial charge in [-0.05, 0) is 38.5 Å². The van der Waals surface area contributed by atoms with Crippen molar-refractivity contribution < 1.29 is 8.42 Å². The molecule has 0 amide bonds. The van der Waals surface area contributed by atoms with E-state index < -0.39 is 10.0 Å². The van der Waals surface area contributed by atoms with E-state index in [2.05, 4.69) is 19.7 Å². The second kappa shape index (κ2) is 7.63. The lowest BCUT2D eigenvalue weighted by Crippen LogP contribution is -2.39. The number of sulfonamides is 1. The summed E-state index contributed by atoms with van der Waals surface area (Å²) in [6.07, 6.45) is 2.53. The van der Waals surface area contributed by atoms with E-state index in [9.17, 15) is 8.42 Å². The van der Waals surface area contributed by atoms with Gasteiger partial charge in [0.1, 0.15) is 0 Å². The molecule has 0 saturated carbocycles. The molecule has 0 bridgehead atoms. The SMILES string of the molecule is CCS(=O)(=O)NCCC1CN(Cc2cccc(C)n2)Cc2ccnn21. The third kappa shape index (κ3) is 4.65. The molecule has 8 heteroatoms. The summed E-state index contributed by atoms with van der Waals surface area (Å²) in [6.45, 7) is 6.51. The van der Waals surface area contributed by atoms with Gasteiger partial charge in [0.25, 0.3) is 0 Å². The van der Waals surface area contributed by atoms with Crippen LogP contribution in [0.1, 0.15) is 36.5 Å². The zero-order valence-electron chi connectivity index (χ0n) is 14.7. The lowest BCUT2D eigenvalue weighted by Gasteiger charge is -2.33. The fraction of sp³-hybridized carbons (Fsp3) is 0.529. The molecule has 0 aromatic carbocycles. The standard InChI is InChI=1S/C17H25N5O2S/c1-3-25(23,24)19-10-8-17-13-21(12-16-7-9-18-22(16)17)11-15-6-4-5-14(2)20-15/h4-7,9,17,19H,3,8,10-13H2,1-2H3. The van der Waals surface area contributed by atoms with Gasteiger partial charge in [-0.1, -0.05) is 6.07 Å². The van der Waals surface area contributed by atoms with Crippen LogP contribution in [0.3, 0.4) is 0 Å². The third-order valence-corrected chi connectivity index (χ3v) is 5.87. The summed E-state index contributed by atoms with van der Waals surface area (Å²) in [5.41, 5.74) is 3.23. The lowest BCUT2D eigenvalue weighted by atomic mass is 10.1. The molecule has 2 aromatic heterocycles. The topological polar surface area (TPSA) is 80.1 Å². The average molecular weight is 363 g/mol. The molecule has 2 aromatic rings. The Morgan fingerprint density at radius 3 is 2.92 bits per heavy atom. The molecular formula is C17H25N5O2S. The minimum Gasteiger partial charge on any atom is -0.290 e. The van der Waals surface area contributed by atoms with Crippen LogP contribution in [-0.2, 0) is 23.1 Å². The first-order valence-electron chi connectivity index (χ1n) is 8.61. The highest BCUT2D eigenvalue weighted by Crippen LogP contribution is 2.23. The quantitative estimate of drug-likeness (QED) is 0.806. The summed E-state index contributed by atoms with van der Waals surface area (Å²) in [5, 5.41) is 4.43. The number of hydrogen-bond acceptors (Lipinski definition) is 5. The van der Waals surface area contributed by atoms with Crippen molar-refractivity contribution in [2.45, 2.75) is 39.4 Å². The van der Waals surface area contributed by atoms with E-state index >= 15 is 0 Å². The number of fused-ring (bicyclic) bond motifs is 1. The molecule has 7 nitrogen and oxygen atoms in total. The van der Waals surface area contributed by atoms with E-state index in [1.165, 1.54) is 0 Å². The summed E-state index contributed by atoms with van der Waals surface area (Å²) in [6, 6.07) is 8.26. The molecule has 0 radical (unpaired) electrons. The number of pyridine rings is 1. The van der Waals surface area contributed by atoms with Gasteiger partial charge in [-0.2, -0.15) is 5.10 Å². The molecule has 25 heavy (non-hydrogen) atoms. The molecule has 0 aliphatic carbocycles. The predicted octanol–water partition coefficient (Wildman–Crippen LogP) is 1.47. The van der Waals surface area contributed by atoms with Gasteiger partial charge >= 0.3 is 0 Å². The smallest absolute Gasteiger partial charge is 0.211 e. The highest BCUT2D eigenvalue weighted by atomic mass is 32.2. The monoisotopic (exact) mass is 363 g/mol. The van der Waals surface area contributed by atoms with Crippen LogP contribution in [0.25, 0.3) is 0 Å². The molecule has 0 spiro atoms. The summed E-state index contributed by atoms with van der Waals surface area (Å²) < 4.78 is 27.9. The fourth-order valence-electron chi connectivity index (χ4n) is 3.20. The summed E-state index contributed by atoms with van der Waals surface area (Å²) in [4.78, 5) is 6.93. The summed E-state index contributed by atoms with van der Waals surface area (Å²) in [5.74, 6) is 0.107. The first-order chi connectivity index (χ1) is 12.0. The van der Waals surface area contributed by atoms with E-state index in [-0.39, 0.29) is 11.8 Å². The van der Waals surface area contributed by atoms with Gasteiger partial charge in [-0.3, -0.25) is 14.6 Å². The van der Waals surface area contributed by atoms with Gasteiger partial charge in [-0.25, -0.2) is 13.1 Å². The van der Waals surface area contributed by atoms with Gasteiger partial charge in [0.15, 0.2) is 0 Å². The van der Waals surface area contributed by atoms with Crippen molar-refractivity contribution in [2.75, 3.05) is 18.8 Å². The van der Waals surface area contributed by atoms with Crippen LogP contribution in [0.4, 0.5) is 0 Å². The molecule has 3 rings (SSSR count). The zero-order chi connectivity index (χ0) is 17.9. The second-order valence-electron chi connectivity index (χ2n) is 6.45. The Hall–Kier alpha value is -1.77. The minimum absolute atomic E-state index is 0.107.